The molecule has 0 spiro atoms. The first kappa shape index (κ1) is 21.3. The van der Waals surface area contributed by atoms with Crippen molar-refractivity contribution in [3.05, 3.63) is 98.9 Å². The molecule has 2 heterocycles. The van der Waals surface area contributed by atoms with E-state index in [-0.39, 0.29) is 22.2 Å². The molecule has 160 valence electrons. The van der Waals surface area contributed by atoms with Gasteiger partial charge in [-0.3, -0.25) is 14.9 Å². The fourth-order valence-electron chi connectivity index (χ4n) is 2.74. The number of nitrogens with zero attached hydrogens (tertiary/aromatic N) is 4. The van der Waals surface area contributed by atoms with Gasteiger partial charge >= 0.3 is 0 Å². The molecular formula is C21H13Cl2N5O4. The van der Waals surface area contributed by atoms with Crippen LogP contribution in [0.4, 0.5) is 11.4 Å². The minimum absolute atomic E-state index is 0.0363. The molecule has 32 heavy (non-hydrogen) atoms. The van der Waals surface area contributed by atoms with Gasteiger partial charge in [0, 0.05) is 24.5 Å². The van der Waals surface area contributed by atoms with Gasteiger partial charge in [-0.2, -0.15) is 5.10 Å². The minimum atomic E-state index is -0.488. The van der Waals surface area contributed by atoms with Crippen LogP contribution in [0.15, 0.2) is 73.2 Å². The maximum atomic E-state index is 12.7. The number of rotatable bonds is 6. The minimum Gasteiger partial charge on any atom is -0.435 e. The average Bonchev–Trinajstić information content (AvgIpc) is 3.27. The lowest BCUT2D eigenvalue weighted by Gasteiger charge is -2.12. The van der Waals surface area contributed by atoms with Gasteiger partial charge in [0.25, 0.3) is 11.6 Å². The molecule has 2 aromatic carbocycles. The molecule has 2 aromatic heterocycles. The van der Waals surface area contributed by atoms with Crippen molar-refractivity contribution >= 4 is 40.5 Å². The number of benzene rings is 2. The van der Waals surface area contributed by atoms with Crippen LogP contribution in [0.5, 0.6) is 11.6 Å². The van der Waals surface area contributed by atoms with Gasteiger partial charge in [0.1, 0.15) is 5.02 Å². The zero-order valence-corrected chi connectivity index (χ0v) is 17.6. The van der Waals surface area contributed by atoms with E-state index < -0.39 is 10.8 Å². The molecule has 0 unspecified atom stereocenters. The normalized spacial score (nSPS) is 10.6. The highest BCUT2D eigenvalue weighted by Gasteiger charge is 2.15. The van der Waals surface area contributed by atoms with Gasteiger partial charge in [0.15, 0.2) is 5.75 Å². The van der Waals surface area contributed by atoms with Crippen LogP contribution < -0.4 is 10.1 Å². The molecule has 0 atom stereocenters. The van der Waals surface area contributed by atoms with Gasteiger partial charge in [0.05, 0.1) is 33.1 Å². The SMILES string of the molecule is O=C(Nc1ccccc1Oc1ncc(Cl)cc1Cl)c1cnn(-c2ccc([N+](=O)[O-])cc2)c1. The van der Waals surface area contributed by atoms with Crippen LogP contribution in [0.25, 0.3) is 5.69 Å². The summed E-state index contributed by atoms with van der Waals surface area (Å²) in [5, 5.41) is 18.3. The van der Waals surface area contributed by atoms with E-state index in [1.54, 1.807) is 36.4 Å². The van der Waals surface area contributed by atoms with Crippen LogP contribution in [0, 0.1) is 10.1 Å². The van der Waals surface area contributed by atoms with Crippen LogP contribution in [0.2, 0.25) is 10.0 Å². The Labute approximate surface area is 191 Å². The van der Waals surface area contributed by atoms with E-state index in [1.807, 2.05) is 0 Å². The number of amides is 1. The van der Waals surface area contributed by atoms with Gasteiger partial charge in [-0.1, -0.05) is 35.3 Å². The van der Waals surface area contributed by atoms with Gasteiger partial charge in [0.2, 0.25) is 5.88 Å². The number of para-hydroxylation sites is 2. The van der Waals surface area contributed by atoms with Crippen molar-refractivity contribution in [2.24, 2.45) is 0 Å². The summed E-state index contributed by atoms with van der Waals surface area (Å²) in [6.45, 7) is 0. The molecule has 0 fully saturated rings. The Bertz CT molecular complexity index is 1310. The molecule has 0 aliphatic heterocycles. The molecule has 9 nitrogen and oxygen atoms in total. The summed E-state index contributed by atoms with van der Waals surface area (Å²) in [7, 11) is 0. The average molecular weight is 470 g/mol. The number of nitro groups is 1. The molecule has 1 amide bonds. The highest BCUT2D eigenvalue weighted by atomic mass is 35.5. The number of halogens is 2. The number of aromatic nitrogens is 3. The van der Waals surface area contributed by atoms with E-state index in [4.69, 9.17) is 27.9 Å². The Hall–Kier alpha value is -3.95. The molecule has 0 aliphatic carbocycles. The van der Waals surface area contributed by atoms with E-state index in [1.165, 1.54) is 41.5 Å². The molecule has 1 N–H and O–H groups in total. The quantitative estimate of drug-likeness (QED) is 0.293. The number of hydrogen-bond acceptors (Lipinski definition) is 6. The number of carbonyl (C=O) groups is 1. The van der Waals surface area contributed by atoms with Crippen LogP contribution in [0.1, 0.15) is 10.4 Å². The Kier molecular flexibility index (Phi) is 6.02. The number of hydrogen-bond donors (Lipinski definition) is 1. The largest absolute Gasteiger partial charge is 0.435 e. The van der Waals surface area contributed by atoms with Crippen molar-refractivity contribution < 1.29 is 14.5 Å². The van der Waals surface area contributed by atoms with Crippen LogP contribution >= 0.6 is 23.2 Å². The standard InChI is InChI=1S/C21H13Cl2N5O4/c22-14-9-17(23)21(24-11-14)32-19-4-2-1-3-18(19)26-20(29)13-10-25-27(12-13)15-5-7-16(8-6-15)28(30)31/h1-12H,(H,26,29). The Morgan fingerprint density at radius 1 is 1.09 bits per heavy atom. The first-order valence-electron chi connectivity index (χ1n) is 9.09. The van der Waals surface area contributed by atoms with Gasteiger partial charge < -0.3 is 10.1 Å². The van der Waals surface area contributed by atoms with Crippen molar-refractivity contribution in [1.82, 2.24) is 14.8 Å². The fraction of sp³-hybridized carbons (Fsp3) is 0. The molecule has 4 aromatic rings. The Morgan fingerprint density at radius 3 is 2.56 bits per heavy atom. The summed E-state index contributed by atoms with van der Waals surface area (Å²) in [5.74, 6) is 0.0495. The molecule has 0 saturated heterocycles. The number of nitro benzene ring substituents is 1. The lowest BCUT2D eigenvalue weighted by atomic mass is 10.2. The summed E-state index contributed by atoms with van der Waals surface area (Å²) in [5.41, 5.74) is 1.21. The number of pyridine rings is 1. The fourth-order valence-corrected chi connectivity index (χ4v) is 3.16. The van der Waals surface area contributed by atoms with Gasteiger partial charge in [-0.25, -0.2) is 9.67 Å². The molecule has 0 bridgehead atoms. The monoisotopic (exact) mass is 469 g/mol. The van der Waals surface area contributed by atoms with E-state index in [0.29, 0.717) is 22.1 Å². The summed E-state index contributed by atoms with van der Waals surface area (Å²) >= 11 is 12.0. The van der Waals surface area contributed by atoms with Crippen LogP contribution in [-0.2, 0) is 0 Å². The first-order valence-corrected chi connectivity index (χ1v) is 9.85. The third-order valence-corrected chi connectivity index (χ3v) is 4.76. The molecular weight excluding hydrogens is 457 g/mol. The van der Waals surface area contributed by atoms with E-state index in [9.17, 15) is 14.9 Å². The Morgan fingerprint density at radius 2 is 1.84 bits per heavy atom. The van der Waals surface area contributed by atoms with Gasteiger partial charge in [-0.05, 0) is 30.3 Å². The Balaban J connectivity index is 1.52. The van der Waals surface area contributed by atoms with E-state index in [0.717, 1.165) is 0 Å². The lowest BCUT2D eigenvalue weighted by Crippen LogP contribution is -2.12. The molecule has 0 saturated carbocycles. The van der Waals surface area contributed by atoms with Crippen molar-refractivity contribution in [3.63, 3.8) is 0 Å². The lowest BCUT2D eigenvalue weighted by molar-refractivity contribution is -0.384. The zero-order valence-electron chi connectivity index (χ0n) is 16.1. The summed E-state index contributed by atoms with van der Waals surface area (Å²) < 4.78 is 7.19. The number of nitrogens with one attached hydrogen (secondary N) is 1. The van der Waals surface area contributed by atoms with Crippen LogP contribution in [0.3, 0.4) is 0 Å². The smallest absolute Gasteiger partial charge is 0.269 e. The van der Waals surface area contributed by atoms with Crippen molar-refractivity contribution in [3.8, 4) is 17.3 Å². The van der Waals surface area contributed by atoms with E-state index in [2.05, 4.69) is 15.4 Å². The van der Waals surface area contributed by atoms with E-state index >= 15 is 0 Å². The van der Waals surface area contributed by atoms with Crippen molar-refractivity contribution in [2.75, 3.05) is 5.32 Å². The first-order chi connectivity index (χ1) is 15.4. The van der Waals surface area contributed by atoms with Crippen LogP contribution in [-0.4, -0.2) is 25.6 Å². The molecule has 0 radical (unpaired) electrons. The number of anilines is 1. The maximum Gasteiger partial charge on any atom is 0.269 e. The zero-order chi connectivity index (χ0) is 22.7. The number of non-ortho nitro benzene ring substituents is 1. The third-order valence-electron chi connectivity index (χ3n) is 4.29. The predicted molar refractivity (Wildman–Crippen MR) is 119 cm³/mol. The second kappa shape index (κ2) is 9.04. The number of ether oxygens (including phenoxy) is 1. The summed E-state index contributed by atoms with van der Waals surface area (Å²) in [6, 6.07) is 14.1. The molecule has 4 rings (SSSR count). The summed E-state index contributed by atoms with van der Waals surface area (Å²) in [6.07, 6.45) is 4.30. The summed E-state index contributed by atoms with van der Waals surface area (Å²) in [4.78, 5) is 27.1. The third kappa shape index (κ3) is 4.69. The highest BCUT2D eigenvalue weighted by molar-refractivity contribution is 6.35. The van der Waals surface area contributed by atoms with Gasteiger partial charge in [-0.15, -0.1) is 0 Å². The maximum absolute atomic E-state index is 12.7. The topological polar surface area (TPSA) is 112 Å². The van der Waals surface area contributed by atoms with Crippen molar-refractivity contribution in [1.29, 1.82) is 0 Å². The molecule has 11 heteroatoms. The second-order valence-corrected chi connectivity index (χ2v) is 7.28. The second-order valence-electron chi connectivity index (χ2n) is 6.44. The number of carbonyl (C=O) groups excluding carboxylic acids is 1. The predicted octanol–water partition coefficient (Wildman–Crippen LogP) is 5.53. The molecule has 0 aliphatic rings. The highest BCUT2D eigenvalue weighted by Crippen LogP contribution is 2.33. The van der Waals surface area contributed by atoms with Crippen molar-refractivity contribution in [2.45, 2.75) is 0 Å².